The molecule has 0 radical (unpaired) electrons. The lowest BCUT2D eigenvalue weighted by Crippen LogP contribution is -2.38. The van der Waals surface area contributed by atoms with E-state index >= 15 is 0 Å². The summed E-state index contributed by atoms with van der Waals surface area (Å²) in [5, 5.41) is 21.6. The molecule has 0 aliphatic carbocycles. The van der Waals surface area contributed by atoms with Crippen LogP contribution in [-0.4, -0.2) is 84.8 Å². The topological polar surface area (TPSA) is 109 Å². The van der Waals surface area contributed by atoms with Crippen LogP contribution in [0.25, 0.3) is 5.76 Å². The maximum Gasteiger partial charge on any atom is 0.295 e. The molecule has 0 aromatic heterocycles. The first-order chi connectivity index (χ1) is 17.8. The summed E-state index contributed by atoms with van der Waals surface area (Å²) in [6, 6.07) is 9.06. The summed E-state index contributed by atoms with van der Waals surface area (Å²) in [7, 11) is 1.55. The number of phenols is 1. The van der Waals surface area contributed by atoms with Gasteiger partial charge in [-0.15, -0.1) is 0 Å². The van der Waals surface area contributed by atoms with Gasteiger partial charge in [-0.1, -0.05) is 6.07 Å². The second-order valence-corrected chi connectivity index (χ2v) is 9.14. The number of nitrogens with zero attached hydrogens (tertiary/aromatic N) is 2. The number of morpholine rings is 1. The Labute approximate surface area is 216 Å². The van der Waals surface area contributed by atoms with Crippen LogP contribution >= 0.6 is 0 Å². The molecule has 2 saturated heterocycles. The number of phenolic OH excluding ortho intramolecular Hbond substituents is 1. The summed E-state index contributed by atoms with van der Waals surface area (Å²) in [5.41, 5.74) is 1.73. The largest absolute Gasteiger partial charge is 0.507 e. The van der Waals surface area contributed by atoms with E-state index in [4.69, 9.17) is 14.2 Å². The van der Waals surface area contributed by atoms with Crippen molar-refractivity contribution in [1.82, 2.24) is 9.80 Å². The Kier molecular flexibility index (Phi) is 8.35. The van der Waals surface area contributed by atoms with Crippen molar-refractivity contribution in [2.45, 2.75) is 26.3 Å². The summed E-state index contributed by atoms with van der Waals surface area (Å²) < 4.78 is 16.2. The number of rotatable bonds is 9. The molecule has 2 heterocycles. The molecular weight excluding hydrogens is 476 g/mol. The number of hydrogen-bond acceptors (Lipinski definition) is 8. The van der Waals surface area contributed by atoms with Crippen LogP contribution in [0.5, 0.6) is 17.2 Å². The zero-order chi connectivity index (χ0) is 26.5. The number of aromatic hydroxyl groups is 1. The molecule has 2 aromatic rings. The number of Topliss-reactive ketones (excluding diaryl/α,β-unsaturated/α-hetero) is 1. The molecule has 0 unspecified atom stereocenters. The first-order valence-electron chi connectivity index (χ1n) is 12.5. The molecule has 9 heteroatoms. The van der Waals surface area contributed by atoms with E-state index in [9.17, 15) is 19.8 Å². The third-order valence-electron chi connectivity index (χ3n) is 6.81. The molecule has 1 amide bonds. The Morgan fingerprint density at radius 3 is 2.54 bits per heavy atom. The van der Waals surface area contributed by atoms with Crippen LogP contribution in [0.2, 0.25) is 0 Å². The minimum atomic E-state index is -0.828. The second-order valence-electron chi connectivity index (χ2n) is 9.14. The zero-order valence-electron chi connectivity index (χ0n) is 21.5. The van der Waals surface area contributed by atoms with E-state index in [0.29, 0.717) is 55.2 Å². The average molecular weight is 511 g/mol. The summed E-state index contributed by atoms with van der Waals surface area (Å²) in [5.74, 6) is -0.819. The predicted molar refractivity (Wildman–Crippen MR) is 138 cm³/mol. The number of carbonyl (C=O) groups excluding carboxylic acids is 2. The van der Waals surface area contributed by atoms with E-state index in [1.54, 1.807) is 51.3 Å². The van der Waals surface area contributed by atoms with Crippen LogP contribution in [0.15, 0.2) is 42.0 Å². The monoisotopic (exact) mass is 510 g/mol. The SMILES string of the molecule is CCOc1cc([C@@H]2C(=C(O)c3ccc(OC)cc3C)C(=O)C(=O)N2CCCN2CCOCC2)ccc1O. The number of aryl methyl sites for hydroxylation is 1. The normalized spacial score (nSPS) is 19.9. The molecule has 9 nitrogen and oxygen atoms in total. The van der Waals surface area contributed by atoms with E-state index in [2.05, 4.69) is 4.90 Å². The number of aliphatic hydroxyl groups is 1. The standard InChI is InChI=1S/C28H34N2O7/c1-4-37-23-17-19(6-9-22(23)31)25-24(26(32)21-8-7-20(35-3)16-18(21)2)27(33)28(34)30(25)11-5-10-29-12-14-36-15-13-29/h6-9,16-17,25,31-32H,4-5,10-15H2,1-3H3/t25-/m1/s1. The van der Waals surface area contributed by atoms with Crippen molar-refractivity contribution in [2.75, 3.05) is 53.1 Å². The van der Waals surface area contributed by atoms with Gasteiger partial charge in [0.15, 0.2) is 11.5 Å². The Morgan fingerprint density at radius 1 is 1.11 bits per heavy atom. The Bertz CT molecular complexity index is 1190. The van der Waals surface area contributed by atoms with Gasteiger partial charge in [-0.25, -0.2) is 0 Å². The first kappa shape index (κ1) is 26.5. The van der Waals surface area contributed by atoms with Crippen LogP contribution in [-0.2, 0) is 14.3 Å². The molecule has 0 bridgehead atoms. The van der Waals surface area contributed by atoms with Gasteiger partial charge in [0.25, 0.3) is 11.7 Å². The fraction of sp³-hybridized carbons (Fsp3) is 0.429. The van der Waals surface area contributed by atoms with Crippen LogP contribution in [0, 0.1) is 6.92 Å². The van der Waals surface area contributed by atoms with Crippen molar-refractivity contribution < 1.29 is 34.0 Å². The Morgan fingerprint density at radius 2 is 1.86 bits per heavy atom. The predicted octanol–water partition coefficient (Wildman–Crippen LogP) is 3.25. The van der Waals surface area contributed by atoms with E-state index in [0.717, 1.165) is 19.6 Å². The van der Waals surface area contributed by atoms with Crippen molar-refractivity contribution in [1.29, 1.82) is 0 Å². The molecule has 2 aliphatic rings. The molecule has 2 fully saturated rings. The number of hydrogen-bond donors (Lipinski definition) is 2. The van der Waals surface area contributed by atoms with E-state index in [1.807, 2.05) is 0 Å². The van der Waals surface area contributed by atoms with Crippen LogP contribution in [0.1, 0.15) is 36.1 Å². The molecule has 4 rings (SSSR count). The Balaban J connectivity index is 1.74. The van der Waals surface area contributed by atoms with Crippen LogP contribution in [0.3, 0.4) is 0 Å². The zero-order valence-corrected chi connectivity index (χ0v) is 21.5. The third kappa shape index (κ3) is 5.57. The van der Waals surface area contributed by atoms with Gasteiger partial charge < -0.3 is 29.3 Å². The van der Waals surface area contributed by atoms with Crippen molar-refractivity contribution >= 4 is 17.4 Å². The second kappa shape index (κ2) is 11.7. The van der Waals surface area contributed by atoms with E-state index in [-0.39, 0.29) is 22.8 Å². The van der Waals surface area contributed by atoms with Crippen LogP contribution in [0.4, 0.5) is 0 Å². The van der Waals surface area contributed by atoms with Gasteiger partial charge in [-0.05, 0) is 61.7 Å². The Hall–Kier alpha value is -3.56. The summed E-state index contributed by atoms with van der Waals surface area (Å²) in [4.78, 5) is 30.4. The maximum atomic E-state index is 13.3. The number of aliphatic hydroxyl groups excluding tert-OH is 1. The number of benzene rings is 2. The minimum absolute atomic E-state index is 0.0118. The third-order valence-corrected chi connectivity index (χ3v) is 6.81. The highest BCUT2D eigenvalue weighted by molar-refractivity contribution is 6.46. The van der Waals surface area contributed by atoms with Crippen LogP contribution < -0.4 is 9.47 Å². The van der Waals surface area contributed by atoms with Crippen molar-refractivity contribution in [3.8, 4) is 17.2 Å². The lowest BCUT2D eigenvalue weighted by atomic mass is 9.93. The molecule has 198 valence electrons. The maximum absolute atomic E-state index is 13.3. The molecule has 2 aliphatic heterocycles. The number of likely N-dealkylation sites (tertiary alicyclic amines) is 1. The fourth-order valence-corrected chi connectivity index (χ4v) is 4.89. The molecule has 0 spiro atoms. The quantitative estimate of drug-likeness (QED) is 0.301. The fourth-order valence-electron chi connectivity index (χ4n) is 4.89. The first-order valence-corrected chi connectivity index (χ1v) is 12.5. The van der Waals surface area contributed by atoms with Gasteiger partial charge in [0, 0.05) is 31.7 Å². The van der Waals surface area contributed by atoms with Gasteiger partial charge in [-0.3, -0.25) is 14.5 Å². The van der Waals surface area contributed by atoms with E-state index in [1.165, 1.54) is 11.0 Å². The number of amides is 1. The average Bonchev–Trinajstić information content (AvgIpc) is 3.15. The highest BCUT2D eigenvalue weighted by Gasteiger charge is 2.46. The summed E-state index contributed by atoms with van der Waals surface area (Å²) in [6.45, 7) is 8.05. The minimum Gasteiger partial charge on any atom is -0.507 e. The van der Waals surface area contributed by atoms with E-state index < -0.39 is 17.7 Å². The summed E-state index contributed by atoms with van der Waals surface area (Å²) >= 11 is 0. The molecule has 1 atom stereocenters. The molecule has 2 N–H and O–H groups in total. The highest BCUT2D eigenvalue weighted by atomic mass is 16.5. The lowest BCUT2D eigenvalue weighted by Gasteiger charge is -2.29. The van der Waals surface area contributed by atoms with Crippen molar-refractivity contribution in [2.24, 2.45) is 0 Å². The number of ketones is 1. The van der Waals surface area contributed by atoms with Gasteiger partial charge in [0.1, 0.15) is 11.5 Å². The number of ether oxygens (including phenoxy) is 3. The van der Waals surface area contributed by atoms with Gasteiger partial charge >= 0.3 is 0 Å². The van der Waals surface area contributed by atoms with Gasteiger partial charge in [0.2, 0.25) is 0 Å². The highest BCUT2D eigenvalue weighted by Crippen LogP contribution is 2.42. The molecule has 0 saturated carbocycles. The smallest absolute Gasteiger partial charge is 0.295 e. The molecule has 2 aromatic carbocycles. The lowest BCUT2D eigenvalue weighted by molar-refractivity contribution is -0.140. The molecule has 37 heavy (non-hydrogen) atoms. The number of carbonyl (C=O) groups is 2. The van der Waals surface area contributed by atoms with Gasteiger partial charge in [-0.2, -0.15) is 0 Å². The van der Waals surface area contributed by atoms with Crippen molar-refractivity contribution in [3.63, 3.8) is 0 Å². The molecular formula is C28H34N2O7. The van der Waals surface area contributed by atoms with Crippen molar-refractivity contribution in [3.05, 3.63) is 58.7 Å². The van der Waals surface area contributed by atoms with Gasteiger partial charge in [0.05, 0.1) is 38.5 Å². The number of methoxy groups -OCH3 is 1. The summed E-state index contributed by atoms with van der Waals surface area (Å²) in [6.07, 6.45) is 0.654.